The van der Waals surface area contributed by atoms with Crippen molar-refractivity contribution < 1.29 is 46.0 Å². The van der Waals surface area contributed by atoms with Crippen molar-refractivity contribution in [3.8, 4) is 0 Å². The van der Waals surface area contributed by atoms with E-state index in [-0.39, 0.29) is 0 Å². The zero-order chi connectivity index (χ0) is 14.5. The lowest BCUT2D eigenvalue weighted by atomic mass is 9.94. The van der Waals surface area contributed by atoms with Crippen molar-refractivity contribution in [1.82, 2.24) is 0 Å². The highest BCUT2D eigenvalue weighted by Gasteiger charge is 2.38. The maximum absolute atomic E-state index is 9.41. The average Bonchev–Trinajstić information content (AvgIpc) is 2.40. The van der Waals surface area contributed by atoms with Gasteiger partial charge < -0.3 is 46.0 Å². The fourth-order valence-electron chi connectivity index (χ4n) is 1.28. The van der Waals surface area contributed by atoms with E-state index in [1.165, 1.54) is 0 Å². The van der Waals surface area contributed by atoms with Crippen molar-refractivity contribution in [3.63, 3.8) is 0 Å². The second kappa shape index (κ2) is 7.94. The van der Waals surface area contributed by atoms with E-state index in [9.17, 15) is 25.5 Å². The highest BCUT2D eigenvalue weighted by molar-refractivity contribution is 4.89. The van der Waals surface area contributed by atoms with Crippen molar-refractivity contribution >= 4 is 0 Å². The normalized spacial score (nSPS) is 23.8. The maximum atomic E-state index is 9.41. The molecule has 0 heterocycles. The summed E-state index contributed by atoms with van der Waals surface area (Å²) in [5, 5.41) is 81.8. The minimum atomic E-state index is -2.10. The van der Waals surface area contributed by atoms with Gasteiger partial charge in [-0.2, -0.15) is 0 Å². The van der Waals surface area contributed by atoms with E-state index in [2.05, 4.69) is 0 Å². The van der Waals surface area contributed by atoms with E-state index in [0.29, 0.717) is 0 Å². The predicted octanol–water partition coefficient (Wildman–Crippen LogP) is -5.50. The summed E-state index contributed by atoms with van der Waals surface area (Å²) in [6, 6.07) is 0. The average molecular weight is 272 g/mol. The first-order valence-corrected chi connectivity index (χ1v) is 5.26. The van der Waals surface area contributed by atoms with Gasteiger partial charge in [0.05, 0.1) is 13.2 Å². The van der Waals surface area contributed by atoms with Gasteiger partial charge in [0.2, 0.25) is 0 Å². The van der Waals surface area contributed by atoms with Crippen LogP contribution in [0.2, 0.25) is 0 Å². The van der Waals surface area contributed by atoms with E-state index in [1.807, 2.05) is 0 Å². The molecule has 0 aliphatic rings. The molecule has 7 atom stereocenters. The molecule has 0 aromatic heterocycles. The fraction of sp³-hybridized carbons (Fsp3) is 1.00. The zero-order valence-corrected chi connectivity index (χ0v) is 9.48. The van der Waals surface area contributed by atoms with Crippen LogP contribution in [-0.4, -0.2) is 102 Å². The van der Waals surface area contributed by atoms with Gasteiger partial charge in [-0.3, -0.25) is 0 Å². The first kappa shape index (κ1) is 17.6. The third kappa shape index (κ3) is 4.39. The van der Waals surface area contributed by atoms with Crippen LogP contribution in [0.3, 0.4) is 0 Å². The summed E-state index contributed by atoms with van der Waals surface area (Å²) in [7, 11) is 0. The van der Waals surface area contributed by atoms with E-state index in [1.54, 1.807) is 0 Å². The third-order valence-electron chi connectivity index (χ3n) is 2.56. The van der Waals surface area contributed by atoms with Crippen LogP contribution >= 0.6 is 0 Å². The number of hydrogen-bond acceptors (Lipinski definition) is 9. The summed E-state index contributed by atoms with van der Waals surface area (Å²) in [6.07, 6.45) is -13.7. The predicted molar refractivity (Wildman–Crippen MR) is 56.2 cm³/mol. The zero-order valence-electron chi connectivity index (χ0n) is 9.48. The molecule has 9 N–H and O–H groups in total. The number of aliphatic hydroxyl groups excluding tert-OH is 9. The van der Waals surface area contributed by atoms with Crippen LogP contribution in [0, 0.1) is 0 Å². The molecule has 9 heteroatoms. The Kier molecular flexibility index (Phi) is 7.78. The van der Waals surface area contributed by atoms with E-state index in [4.69, 9.17) is 20.4 Å². The van der Waals surface area contributed by atoms with E-state index in [0.717, 1.165) is 0 Å². The van der Waals surface area contributed by atoms with Crippen molar-refractivity contribution in [2.75, 3.05) is 13.2 Å². The second-order valence-corrected chi connectivity index (χ2v) is 3.95. The first-order valence-electron chi connectivity index (χ1n) is 5.26. The fourth-order valence-corrected chi connectivity index (χ4v) is 1.28. The van der Waals surface area contributed by atoms with Crippen LogP contribution in [0.25, 0.3) is 0 Å². The molecule has 0 aromatic rings. The van der Waals surface area contributed by atoms with Gasteiger partial charge in [0.15, 0.2) is 0 Å². The van der Waals surface area contributed by atoms with Crippen LogP contribution in [0.4, 0.5) is 0 Å². The number of hydrogen-bond donors (Lipinski definition) is 9. The lowest BCUT2D eigenvalue weighted by Crippen LogP contribution is -2.55. The maximum Gasteiger partial charge on any atom is 0.111 e. The Morgan fingerprint density at radius 3 is 0.889 bits per heavy atom. The summed E-state index contributed by atoms with van der Waals surface area (Å²) in [4.78, 5) is 0. The molecule has 0 amide bonds. The monoisotopic (exact) mass is 272 g/mol. The Balaban J connectivity index is 4.57. The third-order valence-corrected chi connectivity index (χ3v) is 2.56. The summed E-state index contributed by atoms with van der Waals surface area (Å²) in [5.41, 5.74) is 0. The van der Waals surface area contributed by atoms with Crippen molar-refractivity contribution in [1.29, 1.82) is 0 Å². The lowest BCUT2D eigenvalue weighted by molar-refractivity contribution is -0.172. The Labute approximate surface area is 103 Å². The summed E-state index contributed by atoms with van der Waals surface area (Å²) < 4.78 is 0. The Bertz CT molecular complexity index is 204. The molecule has 0 fully saturated rings. The van der Waals surface area contributed by atoms with Gasteiger partial charge in [0, 0.05) is 0 Å². The molecule has 0 aliphatic heterocycles. The first-order chi connectivity index (χ1) is 8.27. The molecule has 0 radical (unpaired) electrons. The number of rotatable bonds is 8. The molecule has 0 bridgehead atoms. The molecule has 0 rings (SSSR count). The van der Waals surface area contributed by atoms with Gasteiger partial charge in [-0.05, 0) is 0 Å². The van der Waals surface area contributed by atoms with Crippen LogP contribution < -0.4 is 0 Å². The lowest BCUT2D eigenvalue weighted by Gasteiger charge is -2.31. The highest BCUT2D eigenvalue weighted by atomic mass is 16.4. The molecular formula is C9H20O9. The Morgan fingerprint density at radius 2 is 0.667 bits per heavy atom. The van der Waals surface area contributed by atoms with Gasteiger partial charge in [-0.1, -0.05) is 0 Å². The van der Waals surface area contributed by atoms with Crippen LogP contribution in [0.5, 0.6) is 0 Å². The largest absolute Gasteiger partial charge is 0.394 e. The molecule has 0 spiro atoms. The van der Waals surface area contributed by atoms with Crippen molar-refractivity contribution in [3.05, 3.63) is 0 Å². The molecule has 0 saturated heterocycles. The van der Waals surface area contributed by atoms with Gasteiger partial charge in [0.25, 0.3) is 0 Å². The molecule has 1 unspecified atom stereocenters. The summed E-state index contributed by atoms with van der Waals surface area (Å²) in [6.45, 7) is -1.77. The quantitative estimate of drug-likeness (QED) is 0.208. The van der Waals surface area contributed by atoms with Gasteiger partial charge in [-0.25, -0.2) is 0 Å². The van der Waals surface area contributed by atoms with Crippen LogP contribution in [-0.2, 0) is 0 Å². The second-order valence-electron chi connectivity index (χ2n) is 3.95. The Morgan fingerprint density at radius 1 is 0.444 bits per heavy atom. The summed E-state index contributed by atoms with van der Waals surface area (Å²) in [5.74, 6) is 0. The van der Waals surface area contributed by atoms with Gasteiger partial charge >= 0.3 is 0 Å². The molecular weight excluding hydrogens is 252 g/mol. The molecule has 110 valence electrons. The van der Waals surface area contributed by atoms with E-state index >= 15 is 0 Å². The molecule has 0 saturated carbocycles. The van der Waals surface area contributed by atoms with Gasteiger partial charge in [-0.15, -0.1) is 0 Å². The van der Waals surface area contributed by atoms with Crippen LogP contribution in [0.1, 0.15) is 0 Å². The highest BCUT2D eigenvalue weighted by Crippen LogP contribution is 2.12. The van der Waals surface area contributed by atoms with Gasteiger partial charge in [0.1, 0.15) is 42.7 Å². The molecule has 18 heavy (non-hydrogen) atoms. The van der Waals surface area contributed by atoms with Crippen molar-refractivity contribution in [2.24, 2.45) is 0 Å². The number of aliphatic hydroxyl groups is 9. The van der Waals surface area contributed by atoms with E-state index < -0.39 is 55.9 Å². The molecule has 9 nitrogen and oxygen atoms in total. The Hall–Kier alpha value is -0.360. The topological polar surface area (TPSA) is 182 Å². The minimum absolute atomic E-state index is 0.886. The smallest absolute Gasteiger partial charge is 0.111 e. The standard InChI is InChI=1S/C9H20O9/c10-1-3(12)5(14)7(16)9(18)8(17)6(15)4(13)2-11/h3-18H,1-2H2/t3-,4+,5-,6+,7-,8+,9?. The van der Waals surface area contributed by atoms with Crippen molar-refractivity contribution in [2.45, 2.75) is 42.7 Å². The van der Waals surface area contributed by atoms with Crippen LogP contribution in [0.15, 0.2) is 0 Å². The molecule has 0 aliphatic carbocycles. The summed E-state index contributed by atoms with van der Waals surface area (Å²) >= 11 is 0. The SMILES string of the molecule is OC[C@@H](O)[C@@H](O)[C@@H](O)C(O)[C@@H](O)[C@@H](O)[C@@H](O)CO. The molecule has 0 aromatic carbocycles. The minimum Gasteiger partial charge on any atom is -0.394 e.